The number of likely N-dealkylation sites (tertiary alicyclic amines) is 1. The number of hydrogen-bond acceptors (Lipinski definition) is 6. The largest absolute Gasteiger partial charge is 0.497 e. The van der Waals surface area contributed by atoms with Gasteiger partial charge in [-0.1, -0.05) is 18.2 Å². The lowest BCUT2D eigenvalue weighted by molar-refractivity contribution is -0.129. The van der Waals surface area contributed by atoms with Gasteiger partial charge in [0.25, 0.3) is 0 Å². The van der Waals surface area contributed by atoms with Crippen LogP contribution in [0.15, 0.2) is 60.8 Å². The molecule has 0 spiro atoms. The summed E-state index contributed by atoms with van der Waals surface area (Å²) >= 11 is 0. The Kier molecular flexibility index (Phi) is 5.89. The standard InChI is InChI=1S/C25H26N6O2/c1-33-20-7-4-5-17(13-20)14-23(32)31-12-10-18(16-31)22-9-8-21-24(29-30-25(21)28-22)27-15-19-6-2-3-11-26-19/h2-9,11,13,18H,10,12,14-16H2,1H3,(H2,27,28,29,30)/t18-/m0/s1. The molecule has 0 unspecified atom stereocenters. The summed E-state index contributed by atoms with van der Waals surface area (Å²) in [5.41, 5.74) is 3.64. The highest BCUT2D eigenvalue weighted by Crippen LogP contribution is 2.29. The highest BCUT2D eigenvalue weighted by atomic mass is 16.5. The van der Waals surface area contributed by atoms with Crippen LogP contribution in [0.2, 0.25) is 0 Å². The molecule has 4 heterocycles. The summed E-state index contributed by atoms with van der Waals surface area (Å²) in [6.45, 7) is 2.02. The third-order valence-electron chi connectivity index (χ3n) is 6.06. The van der Waals surface area contributed by atoms with Crippen molar-refractivity contribution in [2.45, 2.75) is 25.3 Å². The molecule has 0 saturated carbocycles. The maximum absolute atomic E-state index is 12.8. The Bertz CT molecular complexity index is 1260. The van der Waals surface area contributed by atoms with Gasteiger partial charge in [-0.25, -0.2) is 4.98 Å². The summed E-state index contributed by atoms with van der Waals surface area (Å²) in [6.07, 6.45) is 3.06. The van der Waals surface area contributed by atoms with Gasteiger partial charge in [0.15, 0.2) is 11.5 Å². The van der Waals surface area contributed by atoms with Crippen LogP contribution in [0.1, 0.15) is 29.3 Å². The Balaban J connectivity index is 1.23. The highest BCUT2D eigenvalue weighted by Gasteiger charge is 2.28. The summed E-state index contributed by atoms with van der Waals surface area (Å²) in [7, 11) is 1.63. The van der Waals surface area contributed by atoms with Gasteiger partial charge in [-0.05, 0) is 48.4 Å². The molecule has 1 fully saturated rings. The molecule has 1 amide bonds. The number of ether oxygens (including phenoxy) is 1. The van der Waals surface area contributed by atoms with Crippen molar-refractivity contribution in [3.8, 4) is 5.75 Å². The van der Waals surface area contributed by atoms with Crippen molar-refractivity contribution >= 4 is 22.8 Å². The van der Waals surface area contributed by atoms with Crippen molar-refractivity contribution in [3.05, 3.63) is 77.7 Å². The average Bonchev–Trinajstić information content (AvgIpc) is 3.51. The zero-order valence-electron chi connectivity index (χ0n) is 18.5. The lowest BCUT2D eigenvalue weighted by Gasteiger charge is -2.17. The first-order chi connectivity index (χ1) is 16.2. The summed E-state index contributed by atoms with van der Waals surface area (Å²) in [6, 6.07) is 17.6. The molecule has 0 radical (unpaired) electrons. The number of methoxy groups -OCH3 is 1. The van der Waals surface area contributed by atoms with E-state index in [1.165, 1.54) is 0 Å². The van der Waals surface area contributed by atoms with Crippen LogP contribution in [-0.2, 0) is 17.8 Å². The fourth-order valence-corrected chi connectivity index (χ4v) is 4.26. The van der Waals surface area contributed by atoms with Crippen molar-refractivity contribution in [2.24, 2.45) is 0 Å². The maximum atomic E-state index is 12.8. The Morgan fingerprint density at radius 3 is 3.00 bits per heavy atom. The van der Waals surface area contributed by atoms with Gasteiger partial charge in [0.2, 0.25) is 5.91 Å². The number of carbonyl (C=O) groups excluding carboxylic acids is 1. The molecule has 3 aromatic heterocycles. The molecule has 1 aromatic carbocycles. The molecular formula is C25H26N6O2. The molecule has 0 bridgehead atoms. The van der Waals surface area contributed by atoms with Crippen LogP contribution in [0.3, 0.4) is 0 Å². The van der Waals surface area contributed by atoms with E-state index < -0.39 is 0 Å². The molecule has 2 N–H and O–H groups in total. The van der Waals surface area contributed by atoms with Crippen LogP contribution in [0.4, 0.5) is 5.82 Å². The van der Waals surface area contributed by atoms with Crippen molar-refractivity contribution in [1.82, 2.24) is 25.1 Å². The Hall–Kier alpha value is -3.94. The number of nitrogens with zero attached hydrogens (tertiary/aromatic N) is 4. The predicted octanol–water partition coefficient (Wildman–Crippen LogP) is 3.53. The molecule has 8 heteroatoms. The lowest BCUT2D eigenvalue weighted by Crippen LogP contribution is -2.29. The molecule has 4 aromatic rings. The van der Waals surface area contributed by atoms with Gasteiger partial charge in [-0.3, -0.25) is 14.9 Å². The number of pyridine rings is 2. The summed E-state index contributed by atoms with van der Waals surface area (Å²) < 4.78 is 5.26. The number of rotatable bonds is 7. The van der Waals surface area contributed by atoms with Crippen LogP contribution in [0.5, 0.6) is 5.75 Å². The molecule has 0 aliphatic carbocycles. The fraction of sp³-hybridized carbons (Fsp3) is 0.280. The Morgan fingerprint density at radius 1 is 1.21 bits per heavy atom. The minimum absolute atomic E-state index is 0.134. The fourth-order valence-electron chi connectivity index (χ4n) is 4.26. The summed E-state index contributed by atoms with van der Waals surface area (Å²) in [4.78, 5) is 23.9. The SMILES string of the molecule is COc1cccc(CC(=O)N2CC[C@H](c3ccc4c(NCc5ccccn5)n[nH]c4n3)C2)c1. The first-order valence-corrected chi connectivity index (χ1v) is 11.1. The van der Waals surface area contributed by atoms with E-state index in [0.717, 1.165) is 52.5 Å². The van der Waals surface area contributed by atoms with Crippen LogP contribution in [-0.4, -0.2) is 51.2 Å². The molecule has 8 nitrogen and oxygen atoms in total. The average molecular weight is 443 g/mol. The zero-order valence-corrected chi connectivity index (χ0v) is 18.5. The number of amides is 1. The number of aromatic nitrogens is 4. The number of benzene rings is 1. The smallest absolute Gasteiger partial charge is 0.227 e. The Morgan fingerprint density at radius 2 is 2.15 bits per heavy atom. The van der Waals surface area contributed by atoms with Gasteiger partial charge in [-0.15, -0.1) is 0 Å². The van der Waals surface area contributed by atoms with Crippen LogP contribution < -0.4 is 10.1 Å². The number of aromatic amines is 1. The molecule has 1 aliphatic heterocycles. The predicted molar refractivity (Wildman–Crippen MR) is 126 cm³/mol. The van der Waals surface area contributed by atoms with Gasteiger partial charge in [0.05, 0.1) is 31.2 Å². The second kappa shape index (κ2) is 9.28. The molecule has 1 aliphatic rings. The molecule has 5 rings (SSSR count). The van der Waals surface area contributed by atoms with E-state index in [-0.39, 0.29) is 11.8 Å². The first kappa shape index (κ1) is 20.9. The van der Waals surface area contributed by atoms with Crippen molar-refractivity contribution in [2.75, 3.05) is 25.5 Å². The van der Waals surface area contributed by atoms with Gasteiger partial charge < -0.3 is 15.0 Å². The number of nitrogens with one attached hydrogen (secondary N) is 2. The van der Waals surface area contributed by atoms with Crippen molar-refractivity contribution in [3.63, 3.8) is 0 Å². The van der Waals surface area contributed by atoms with Gasteiger partial charge in [0.1, 0.15) is 5.75 Å². The van der Waals surface area contributed by atoms with Gasteiger partial charge >= 0.3 is 0 Å². The zero-order chi connectivity index (χ0) is 22.6. The summed E-state index contributed by atoms with van der Waals surface area (Å²) in [5, 5.41) is 11.7. The Labute approximate surface area is 192 Å². The van der Waals surface area contributed by atoms with Gasteiger partial charge in [0, 0.05) is 30.9 Å². The second-order valence-corrected chi connectivity index (χ2v) is 8.23. The van der Waals surface area contributed by atoms with Crippen molar-refractivity contribution in [1.29, 1.82) is 0 Å². The van der Waals surface area contributed by atoms with E-state index in [9.17, 15) is 4.79 Å². The molecular weight excluding hydrogens is 416 g/mol. The number of H-pyrrole nitrogens is 1. The van der Waals surface area contributed by atoms with Gasteiger partial charge in [-0.2, -0.15) is 5.10 Å². The van der Waals surface area contributed by atoms with Crippen LogP contribution in [0, 0.1) is 0 Å². The third-order valence-corrected chi connectivity index (χ3v) is 6.06. The van der Waals surface area contributed by atoms with E-state index in [2.05, 4.69) is 20.5 Å². The van der Waals surface area contributed by atoms with Crippen molar-refractivity contribution < 1.29 is 9.53 Å². The third kappa shape index (κ3) is 4.64. The quantitative estimate of drug-likeness (QED) is 0.455. The van der Waals surface area contributed by atoms with Crippen LogP contribution in [0.25, 0.3) is 11.0 Å². The van der Waals surface area contributed by atoms with E-state index in [0.29, 0.717) is 19.5 Å². The van der Waals surface area contributed by atoms with E-state index in [1.54, 1.807) is 13.3 Å². The second-order valence-electron chi connectivity index (χ2n) is 8.23. The number of hydrogen-bond donors (Lipinski definition) is 2. The van der Waals surface area contributed by atoms with E-state index >= 15 is 0 Å². The number of carbonyl (C=O) groups is 1. The van der Waals surface area contributed by atoms with E-state index in [4.69, 9.17) is 9.72 Å². The number of anilines is 1. The normalized spacial score (nSPS) is 15.7. The lowest BCUT2D eigenvalue weighted by atomic mass is 10.0. The highest BCUT2D eigenvalue weighted by molar-refractivity contribution is 5.87. The minimum atomic E-state index is 0.134. The minimum Gasteiger partial charge on any atom is -0.497 e. The molecule has 1 atom stereocenters. The molecule has 33 heavy (non-hydrogen) atoms. The maximum Gasteiger partial charge on any atom is 0.227 e. The monoisotopic (exact) mass is 442 g/mol. The van der Waals surface area contributed by atoms with E-state index in [1.807, 2.05) is 59.5 Å². The molecule has 168 valence electrons. The van der Waals surface area contributed by atoms with Crippen LogP contribution >= 0.6 is 0 Å². The first-order valence-electron chi connectivity index (χ1n) is 11.1. The number of fused-ring (bicyclic) bond motifs is 1. The molecule has 1 saturated heterocycles. The topological polar surface area (TPSA) is 96.0 Å². The summed E-state index contributed by atoms with van der Waals surface area (Å²) in [5.74, 6) is 1.88.